The van der Waals surface area contributed by atoms with E-state index in [2.05, 4.69) is 29.5 Å². The van der Waals surface area contributed by atoms with Gasteiger partial charge in [-0.15, -0.1) is 0 Å². The molecule has 1 aromatic carbocycles. The van der Waals surface area contributed by atoms with Crippen molar-refractivity contribution < 1.29 is 19.1 Å². The second-order valence-electron chi connectivity index (χ2n) is 9.26. The molecule has 1 atom stereocenters. The molecule has 7 heteroatoms. The van der Waals surface area contributed by atoms with Crippen LogP contribution < -0.4 is 9.47 Å². The molecule has 4 rings (SSSR count). The molecule has 7 nitrogen and oxygen atoms in total. The summed E-state index contributed by atoms with van der Waals surface area (Å²) in [5.41, 5.74) is 2.44. The normalized spacial score (nSPS) is 18.6. The van der Waals surface area contributed by atoms with Crippen LogP contribution in [0.1, 0.15) is 66.6 Å². The maximum atomic E-state index is 13.3. The van der Waals surface area contributed by atoms with Crippen molar-refractivity contribution in [3.8, 4) is 11.5 Å². The topological polar surface area (TPSA) is 64.0 Å². The number of likely N-dealkylation sites (N-methyl/N-ethyl adjacent to an activating group) is 1. The third-order valence-electron chi connectivity index (χ3n) is 7.40. The minimum absolute atomic E-state index is 0.0107. The SMILES string of the molecule is CC[C@@H](C)Oc1ccc(C(=O)N2CCC3(CC2)c2ccc(C(C)=O)n2CCN3C)cc1OC. The predicted octanol–water partition coefficient (Wildman–Crippen LogP) is 3.95. The number of likely N-dealkylation sites (tertiary alicyclic amines) is 1. The van der Waals surface area contributed by atoms with E-state index in [0.717, 1.165) is 38.0 Å². The van der Waals surface area contributed by atoms with Gasteiger partial charge in [0.1, 0.15) is 0 Å². The lowest BCUT2D eigenvalue weighted by Gasteiger charge is -2.50. The van der Waals surface area contributed by atoms with Crippen LogP contribution in [-0.4, -0.2) is 66.0 Å². The molecule has 2 aliphatic heterocycles. The van der Waals surface area contributed by atoms with Gasteiger partial charge in [-0.3, -0.25) is 14.5 Å². The first-order valence-electron chi connectivity index (χ1n) is 11.9. The van der Waals surface area contributed by atoms with Gasteiger partial charge in [-0.05, 0) is 63.6 Å². The van der Waals surface area contributed by atoms with Gasteiger partial charge in [0.2, 0.25) is 0 Å². The lowest BCUT2D eigenvalue weighted by molar-refractivity contribution is 0.0128. The number of ether oxygens (including phenoxy) is 2. The number of carbonyl (C=O) groups excluding carboxylic acids is 2. The Hall–Kier alpha value is -2.80. The average molecular weight is 454 g/mol. The zero-order valence-electron chi connectivity index (χ0n) is 20.4. The summed E-state index contributed by atoms with van der Waals surface area (Å²) in [6, 6.07) is 9.48. The van der Waals surface area contributed by atoms with Gasteiger partial charge in [0.15, 0.2) is 17.3 Å². The number of amides is 1. The van der Waals surface area contributed by atoms with Crippen LogP contribution in [0.2, 0.25) is 0 Å². The summed E-state index contributed by atoms with van der Waals surface area (Å²) < 4.78 is 13.6. The summed E-state index contributed by atoms with van der Waals surface area (Å²) in [5.74, 6) is 1.35. The number of rotatable bonds is 6. The second-order valence-corrected chi connectivity index (χ2v) is 9.26. The van der Waals surface area contributed by atoms with E-state index in [1.807, 2.05) is 30.0 Å². The van der Waals surface area contributed by atoms with Crippen molar-refractivity contribution in [3.05, 3.63) is 47.3 Å². The molecule has 1 fully saturated rings. The number of nitrogens with zero attached hydrogens (tertiary/aromatic N) is 3. The summed E-state index contributed by atoms with van der Waals surface area (Å²) in [6.45, 7) is 8.75. The number of carbonyl (C=O) groups is 2. The first kappa shape index (κ1) is 23.4. The van der Waals surface area contributed by atoms with Gasteiger partial charge in [0.25, 0.3) is 5.91 Å². The average Bonchev–Trinajstić information content (AvgIpc) is 3.27. The molecular formula is C26H35N3O4. The molecule has 0 saturated carbocycles. The van der Waals surface area contributed by atoms with Crippen LogP contribution in [0, 0.1) is 0 Å². The van der Waals surface area contributed by atoms with Crippen LogP contribution >= 0.6 is 0 Å². The van der Waals surface area contributed by atoms with E-state index in [-0.39, 0.29) is 23.3 Å². The minimum atomic E-state index is -0.144. The number of hydrogen-bond donors (Lipinski definition) is 0. The third kappa shape index (κ3) is 4.14. The summed E-state index contributed by atoms with van der Waals surface area (Å²) in [4.78, 5) is 29.7. The molecule has 1 amide bonds. The Labute approximate surface area is 196 Å². The van der Waals surface area contributed by atoms with Crippen molar-refractivity contribution in [3.63, 3.8) is 0 Å². The molecule has 3 heterocycles. The summed E-state index contributed by atoms with van der Waals surface area (Å²) in [7, 11) is 3.75. The maximum Gasteiger partial charge on any atom is 0.253 e. The van der Waals surface area contributed by atoms with Crippen LogP contribution in [-0.2, 0) is 12.1 Å². The van der Waals surface area contributed by atoms with Crippen LogP contribution in [0.4, 0.5) is 0 Å². The molecule has 1 aromatic heterocycles. The van der Waals surface area contributed by atoms with Gasteiger partial charge in [-0.25, -0.2) is 0 Å². The standard InChI is InChI=1S/C26H35N3O4/c1-6-18(2)33-22-9-7-20(17-23(22)32-5)25(31)28-13-11-26(12-14-28)24-10-8-21(19(3)30)29(24)16-15-27(26)4/h7-10,17-18H,6,11-16H2,1-5H3/t18-/m1/s1. The highest BCUT2D eigenvalue weighted by Crippen LogP contribution is 2.42. The number of methoxy groups -OCH3 is 1. The van der Waals surface area contributed by atoms with E-state index >= 15 is 0 Å². The molecule has 0 bridgehead atoms. The Balaban J connectivity index is 1.52. The Kier molecular flexibility index (Phi) is 6.52. The van der Waals surface area contributed by atoms with Crippen LogP contribution in [0.15, 0.2) is 30.3 Å². The lowest BCUT2D eigenvalue weighted by atomic mass is 9.81. The van der Waals surface area contributed by atoms with Gasteiger partial charge < -0.3 is 18.9 Å². The quantitative estimate of drug-likeness (QED) is 0.620. The molecule has 0 N–H and O–H groups in total. The summed E-state index contributed by atoms with van der Waals surface area (Å²) >= 11 is 0. The van der Waals surface area contributed by atoms with Crippen molar-refractivity contribution >= 4 is 11.7 Å². The largest absolute Gasteiger partial charge is 0.493 e. The number of benzene rings is 1. The van der Waals surface area contributed by atoms with Crippen LogP contribution in [0.5, 0.6) is 11.5 Å². The third-order valence-corrected chi connectivity index (χ3v) is 7.40. The fourth-order valence-corrected chi connectivity index (χ4v) is 5.18. The monoisotopic (exact) mass is 453 g/mol. The van der Waals surface area contributed by atoms with E-state index in [0.29, 0.717) is 30.2 Å². The highest BCUT2D eigenvalue weighted by Gasteiger charge is 2.45. The molecule has 2 aliphatic rings. The van der Waals surface area contributed by atoms with Crippen molar-refractivity contribution in [1.82, 2.24) is 14.4 Å². The molecular weight excluding hydrogens is 418 g/mol. The summed E-state index contributed by atoms with van der Waals surface area (Å²) in [5, 5.41) is 0. The maximum absolute atomic E-state index is 13.3. The molecule has 2 aromatic rings. The van der Waals surface area contributed by atoms with Crippen molar-refractivity contribution in [2.45, 2.75) is 58.2 Å². The number of Topliss-reactive ketones (excluding diaryl/α,β-unsaturated/α-hetero) is 1. The van der Waals surface area contributed by atoms with E-state index in [1.165, 1.54) is 5.69 Å². The smallest absolute Gasteiger partial charge is 0.253 e. The van der Waals surface area contributed by atoms with Crippen LogP contribution in [0.3, 0.4) is 0 Å². The minimum Gasteiger partial charge on any atom is -0.493 e. The molecule has 0 aliphatic carbocycles. The van der Waals surface area contributed by atoms with Crippen molar-refractivity contribution in [2.24, 2.45) is 0 Å². The zero-order valence-corrected chi connectivity index (χ0v) is 20.4. The highest BCUT2D eigenvalue weighted by atomic mass is 16.5. The first-order chi connectivity index (χ1) is 15.8. The van der Waals surface area contributed by atoms with Crippen LogP contribution in [0.25, 0.3) is 0 Å². The predicted molar refractivity (Wildman–Crippen MR) is 127 cm³/mol. The Morgan fingerprint density at radius 1 is 1.06 bits per heavy atom. The van der Waals surface area contributed by atoms with Gasteiger partial charge in [0.05, 0.1) is 24.4 Å². The first-order valence-corrected chi connectivity index (χ1v) is 11.9. The molecule has 1 spiro atoms. The number of fused-ring (bicyclic) bond motifs is 2. The second kappa shape index (κ2) is 9.21. The molecule has 0 unspecified atom stereocenters. The Morgan fingerprint density at radius 2 is 1.79 bits per heavy atom. The Morgan fingerprint density at radius 3 is 2.42 bits per heavy atom. The van der Waals surface area contributed by atoms with E-state index < -0.39 is 0 Å². The Bertz CT molecular complexity index is 1040. The number of piperidine rings is 1. The highest BCUT2D eigenvalue weighted by molar-refractivity contribution is 5.95. The molecule has 178 valence electrons. The number of aromatic nitrogens is 1. The fourth-order valence-electron chi connectivity index (χ4n) is 5.18. The lowest BCUT2D eigenvalue weighted by Crippen LogP contribution is -2.56. The van der Waals surface area contributed by atoms with Gasteiger partial charge in [-0.1, -0.05) is 6.92 Å². The van der Waals surface area contributed by atoms with E-state index in [4.69, 9.17) is 9.47 Å². The summed E-state index contributed by atoms with van der Waals surface area (Å²) in [6.07, 6.45) is 2.64. The number of hydrogen-bond acceptors (Lipinski definition) is 5. The van der Waals surface area contributed by atoms with E-state index in [9.17, 15) is 9.59 Å². The molecule has 33 heavy (non-hydrogen) atoms. The van der Waals surface area contributed by atoms with E-state index in [1.54, 1.807) is 20.1 Å². The van der Waals surface area contributed by atoms with Crippen molar-refractivity contribution in [1.29, 1.82) is 0 Å². The molecule has 0 radical (unpaired) electrons. The van der Waals surface area contributed by atoms with Gasteiger partial charge >= 0.3 is 0 Å². The van der Waals surface area contributed by atoms with Crippen molar-refractivity contribution in [2.75, 3.05) is 33.8 Å². The molecule has 1 saturated heterocycles. The fraction of sp³-hybridized carbons (Fsp3) is 0.538. The zero-order chi connectivity index (χ0) is 23.8. The van der Waals surface area contributed by atoms with Gasteiger partial charge in [-0.2, -0.15) is 0 Å². The number of ketones is 1. The van der Waals surface area contributed by atoms with Gasteiger partial charge in [0, 0.05) is 44.4 Å².